The van der Waals surface area contributed by atoms with Gasteiger partial charge in [0, 0.05) is 12.6 Å². The molecule has 1 aromatic heterocycles. The van der Waals surface area contributed by atoms with Crippen molar-refractivity contribution in [3.63, 3.8) is 0 Å². The highest BCUT2D eigenvalue weighted by atomic mass is 16.3. The lowest BCUT2D eigenvalue weighted by molar-refractivity contribution is 0.163. The number of nitrogens with two attached hydrogens (primary N) is 1. The summed E-state index contributed by atoms with van der Waals surface area (Å²) < 4.78 is 5.39. The van der Waals surface area contributed by atoms with E-state index in [1.54, 1.807) is 6.26 Å². The van der Waals surface area contributed by atoms with Gasteiger partial charge in [0.1, 0.15) is 5.76 Å². The van der Waals surface area contributed by atoms with Gasteiger partial charge >= 0.3 is 0 Å². The molecule has 0 aliphatic heterocycles. The minimum Gasteiger partial charge on any atom is -0.468 e. The summed E-state index contributed by atoms with van der Waals surface area (Å²) in [7, 11) is 2.16. The van der Waals surface area contributed by atoms with E-state index in [-0.39, 0.29) is 0 Å². The normalized spacial score (nSPS) is 28.8. The van der Waals surface area contributed by atoms with Crippen LogP contribution in [-0.2, 0) is 6.54 Å². The summed E-state index contributed by atoms with van der Waals surface area (Å²) in [6.45, 7) is 4.26. The van der Waals surface area contributed by atoms with Crippen LogP contribution < -0.4 is 5.73 Å². The summed E-state index contributed by atoms with van der Waals surface area (Å²) >= 11 is 0. The monoisotopic (exact) mass is 250 g/mol. The first-order chi connectivity index (χ1) is 8.69. The molecule has 2 rings (SSSR count). The first-order valence-electron chi connectivity index (χ1n) is 7.15. The molecule has 3 atom stereocenters. The lowest BCUT2D eigenvalue weighted by Gasteiger charge is -2.36. The van der Waals surface area contributed by atoms with Crippen molar-refractivity contribution in [1.29, 1.82) is 0 Å². The Morgan fingerprint density at radius 2 is 2.28 bits per heavy atom. The fourth-order valence-electron chi connectivity index (χ4n) is 3.10. The minimum atomic E-state index is 0.381. The van der Waals surface area contributed by atoms with Crippen LogP contribution in [-0.4, -0.2) is 24.5 Å². The molecule has 3 nitrogen and oxygen atoms in total. The molecular formula is C15H26N2O. The molecule has 0 aromatic carbocycles. The molecule has 0 radical (unpaired) electrons. The maximum Gasteiger partial charge on any atom is 0.117 e. The van der Waals surface area contributed by atoms with Crippen molar-refractivity contribution in [1.82, 2.24) is 4.90 Å². The lowest BCUT2D eigenvalue weighted by atomic mass is 9.77. The molecular weight excluding hydrogens is 224 g/mol. The summed E-state index contributed by atoms with van der Waals surface area (Å²) in [5.41, 5.74) is 6.27. The summed E-state index contributed by atoms with van der Waals surface area (Å²) in [5, 5.41) is 0. The van der Waals surface area contributed by atoms with E-state index >= 15 is 0 Å². The third kappa shape index (κ3) is 3.59. The van der Waals surface area contributed by atoms with Crippen molar-refractivity contribution in [3.8, 4) is 0 Å². The van der Waals surface area contributed by atoms with Gasteiger partial charge in [0.15, 0.2) is 0 Å². The van der Waals surface area contributed by atoms with Crippen molar-refractivity contribution in [2.75, 3.05) is 13.6 Å². The quantitative estimate of drug-likeness (QED) is 0.873. The maximum absolute atomic E-state index is 6.27. The van der Waals surface area contributed by atoms with Gasteiger partial charge in [-0.3, -0.25) is 4.90 Å². The van der Waals surface area contributed by atoms with E-state index in [0.29, 0.717) is 12.0 Å². The van der Waals surface area contributed by atoms with Gasteiger partial charge in [0.2, 0.25) is 0 Å². The van der Waals surface area contributed by atoms with Gasteiger partial charge in [0.05, 0.1) is 12.8 Å². The average molecular weight is 250 g/mol. The molecule has 1 aliphatic rings. The molecule has 3 unspecified atom stereocenters. The Balaban J connectivity index is 1.83. The molecule has 0 amide bonds. The first kappa shape index (κ1) is 13.6. The van der Waals surface area contributed by atoms with Crippen LogP contribution in [0.3, 0.4) is 0 Å². The van der Waals surface area contributed by atoms with E-state index in [0.717, 1.165) is 24.8 Å². The number of furan rings is 1. The smallest absolute Gasteiger partial charge is 0.117 e. The second-order valence-corrected chi connectivity index (χ2v) is 5.79. The third-order valence-corrected chi connectivity index (χ3v) is 4.28. The Kier molecular flexibility index (Phi) is 4.84. The van der Waals surface area contributed by atoms with Crippen LogP contribution >= 0.6 is 0 Å². The van der Waals surface area contributed by atoms with Crippen LogP contribution in [0.4, 0.5) is 0 Å². The van der Waals surface area contributed by atoms with Crippen LogP contribution in [0, 0.1) is 11.8 Å². The fraction of sp³-hybridized carbons (Fsp3) is 0.733. The molecule has 1 aliphatic carbocycles. The highest BCUT2D eigenvalue weighted by molar-refractivity contribution is 4.97. The Hall–Kier alpha value is -0.800. The molecule has 3 heteroatoms. The van der Waals surface area contributed by atoms with Gasteiger partial charge in [0.25, 0.3) is 0 Å². The molecule has 18 heavy (non-hydrogen) atoms. The third-order valence-electron chi connectivity index (χ3n) is 4.28. The van der Waals surface area contributed by atoms with E-state index in [2.05, 4.69) is 18.9 Å². The topological polar surface area (TPSA) is 42.4 Å². The summed E-state index contributed by atoms with van der Waals surface area (Å²) in [5.74, 6) is 2.56. The second-order valence-electron chi connectivity index (χ2n) is 5.79. The van der Waals surface area contributed by atoms with E-state index in [9.17, 15) is 0 Å². The number of hydrogen-bond donors (Lipinski definition) is 1. The van der Waals surface area contributed by atoms with Gasteiger partial charge in [-0.15, -0.1) is 0 Å². The summed E-state index contributed by atoms with van der Waals surface area (Å²) in [6.07, 6.45) is 6.84. The van der Waals surface area contributed by atoms with Gasteiger partial charge in [-0.2, -0.15) is 0 Å². The van der Waals surface area contributed by atoms with Gasteiger partial charge in [-0.1, -0.05) is 13.3 Å². The largest absolute Gasteiger partial charge is 0.468 e. The summed E-state index contributed by atoms with van der Waals surface area (Å²) in [4.78, 5) is 2.33. The van der Waals surface area contributed by atoms with Crippen molar-refractivity contribution < 1.29 is 4.42 Å². The average Bonchev–Trinajstić information content (AvgIpc) is 2.84. The SMILES string of the molecule is CCC1CCC(N)C(CN(C)Cc2ccco2)C1. The Labute approximate surface area is 110 Å². The number of rotatable bonds is 5. The molecule has 1 heterocycles. The molecule has 1 aromatic rings. The minimum absolute atomic E-state index is 0.381. The first-order valence-corrected chi connectivity index (χ1v) is 7.15. The Morgan fingerprint density at radius 1 is 1.44 bits per heavy atom. The predicted octanol–water partition coefficient (Wildman–Crippen LogP) is 2.87. The fourth-order valence-corrected chi connectivity index (χ4v) is 3.10. The van der Waals surface area contributed by atoms with Crippen molar-refractivity contribution >= 4 is 0 Å². The van der Waals surface area contributed by atoms with Gasteiger partial charge in [-0.05, 0) is 50.3 Å². The predicted molar refractivity (Wildman–Crippen MR) is 74.1 cm³/mol. The maximum atomic E-state index is 6.27. The van der Waals surface area contributed by atoms with Crippen molar-refractivity contribution in [3.05, 3.63) is 24.2 Å². The highest BCUT2D eigenvalue weighted by Crippen LogP contribution is 2.30. The van der Waals surface area contributed by atoms with Crippen LogP contribution in [0.25, 0.3) is 0 Å². The molecule has 102 valence electrons. The molecule has 0 bridgehead atoms. The zero-order valence-corrected chi connectivity index (χ0v) is 11.6. The van der Waals surface area contributed by atoms with Crippen LogP contribution in [0.5, 0.6) is 0 Å². The zero-order chi connectivity index (χ0) is 13.0. The Bertz CT molecular complexity index is 336. The van der Waals surface area contributed by atoms with Crippen LogP contribution in [0.2, 0.25) is 0 Å². The molecule has 0 saturated heterocycles. The zero-order valence-electron chi connectivity index (χ0n) is 11.6. The molecule has 1 saturated carbocycles. The van der Waals surface area contributed by atoms with Crippen molar-refractivity contribution in [2.24, 2.45) is 17.6 Å². The van der Waals surface area contributed by atoms with Crippen molar-refractivity contribution in [2.45, 2.75) is 45.2 Å². The van der Waals surface area contributed by atoms with E-state index in [1.165, 1.54) is 25.7 Å². The summed E-state index contributed by atoms with van der Waals surface area (Å²) in [6, 6.07) is 4.36. The lowest BCUT2D eigenvalue weighted by Crippen LogP contribution is -2.42. The highest BCUT2D eigenvalue weighted by Gasteiger charge is 2.28. The molecule has 1 fully saturated rings. The van der Waals surface area contributed by atoms with Crippen LogP contribution in [0.1, 0.15) is 38.4 Å². The van der Waals surface area contributed by atoms with Gasteiger partial charge in [-0.25, -0.2) is 0 Å². The van der Waals surface area contributed by atoms with E-state index in [4.69, 9.17) is 10.2 Å². The van der Waals surface area contributed by atoms with E-state index < -0.39 is 0 Å². The molecule has 2 N–H and O–H groups in total. The second kappa shape index (κ2) is 6.39. The number of hydrogen-bond acceptors (Lipinski definition) is 3. The van der Waals surface area contributed by atoms with Gasteiger partial charge < -0.3 is 10.2 Å². The molecule has 0 spiro atoms. The standard InChI is InChI=1S/C15H26N2O/c1-3-12-6-7-15(16)13(9-12)10-17(2)11-14-5-4-8-18-14/h4-5,8,12-13,15H,3,6-7,9-11,16H2,1-2H3. The van der Waals surface area contributed by atoms with Crippen LogP contribution in [0.15, 0.2) is 22.8 Å². The van der Waals surface area contributed by atoms with E-state index in [1.807, 2.05) is 12.1 Å². The number of nitrogens with zero attached hydrogens (tertiary/aromatic N) is 1. The Morgan fingerprint density at radius 3 is 2.94 bits per heavy atom.